The van der Waals surface area contributed by atoms with Gasteiger partial charge in [-0.3, -0.25) is 9.36 Å². The number of nitrogens with one attached hydrogen (secondary N) is 1. The average molecular weight is 400 g/mol. The maximum atomic E-state index is 12.7. The Hall–Kier alpha value is -3.78. The zero-order valence-corrected chi connectivity index (χ0v) is 16.4. The molecule has 1 aliphatic rings. The molecule has 0 fully saturated rings. The summed E-state index contributed by atoms with van der Waals surface area (Å²) in [4.78, 5) is 23.4. The molecule has 8 nitrogen and oxygen atoms in total. The van der Waals surface area contributed by atoms with Gasteiger partial charge in [-0.15, -0.1) is 0 Å². The van der Waals surface area contributed by atoms with Crippen LogP contribution < -0.4 is 5.32 Å². The molecule has 1 N–H and O–H groups in total. The molecule has 0 atom stereocenters. The molecule has 1 aliphatic heterocycles. The number of imidazole rings is 1. The van der Waals surface area contributed by atoms with E-state index < -0.39 is 0 Å². The van der Waals surface area contributed by atoms with Crippen LogP contribution in [0.25, 0.3) is 17.3 Å². The van der Waals surface area contributed by atoms with Gasteiger partial charge < -0.3 is 14.7 Å². The van der Waals surface area contributed by atoms with Gasteiger partial charge in [-0.2, -0.15) is 4.98 Å². The lowest BCUT2D eigenvalue weighted by molar-refractivity contribution is 0.0788. The quantitative estimate of drug-likeness (QED) is 0.554. The molecule has 0 aliphatic carbocycles. The number of benzene rings is 2. The molecule has 150 valence electrons. The minimum Gasteiger partial charge on any atom is -0.336 e. The highest BCUT2D eigenvalue weighted by Crippen LogP contribution is 2.29. The summed E-state index contributed by atoms with van der Waals surface area (Å²) in [6, 6.07) is 17.6. The molecule has 4 aromatic rings. The SMILES string of the molecule is CN1Cc2c(-c3nc(CNCc4ccccc4)no3)ncn2-c2ccccc2C1=O. The summed E-state index contributed by atoms with van der Waals surface area (Å²) in [5, 5.41) is 7.39. The van der Waals surface area contributed by atoms with Gasteiger partial charge in [0.05, 0.1) is 30.0 Å². The first-order chi connectivity index (χ1) is 14.7. The van der Waals surface area contributed by atoms with E-state index in [-0.39, 0.29) is 5.91 Å². The van der Waals surface area contributed by atoms with Crippen LogP contribution in [0.15, 0.2) is 65.4 Å². The Balaban J connectivity index is 1.40. The van der Waals surface area contributed by atoms with E-state index in [1.54, 1.807) is 18.3 Å². The van der Waals surface area contributed by atoms with Crippen LogP contribution in [0.4, 0.5) is 0 Å². The number of amides is 1. The van der Waals surface area contributed by atoms with Crippen LogP contribution in [-0.2, 0) is 19.6 Å². The van der Waals surface area contributed by atoms with Crippen LogP contribution >= 0.6 is 0 Å². The van der Waals surface area contributed by atoms with Gasteiger partial charge in [0, 0.05) is 13.6 Å². The zero-order chi connectivity index (χ0) is 20.5. The molecule has 0 radical (unpaired) electrons. The van der Waals surface area contributed by atoms with Crippen LogP contribution in [0.2, 0.25) is 0 Å². The molecule has 2 aromatic heterocycles. The summed E-state index contributed by atoms with van der Waals surface area (Å²) in [6.07, 6.45) is 1.70. The molecule has 3 heterocycles. The van der Waals surface area contributed by atoms with Crippen molar-refractivity contribution in [2.24, 2.45) is 0 Å². The average Bonchev–Trinajstić information content (AvgIpc) is 3.38. The lowest BCUT2D eigenvalue weighted by Gasteiger charge is -2.14. The second kappa shape index (κ2) is 7.57. The smallest absolute Gasteiger partial charge is 0.278 e. The molecule has 5 rings (SSSR count). The van der Waals surface area contributed by atoms with Crippen LogP contribution in [0, 0.1) is 0 Å². The van der Waals surface area contributed by atoms with Crippen LogP contribution in [0.5, 0.6) is 0 Å². The van der Waals surface area contributed by atoms with Gasteiger partial charge in [0.2, 0.25) is 0 Å². The zero-order valence-electron chi connectivity index (χ0n) is 16.4. The lowest BCUT2D eigenvalue weighted by atomic mass is 10.1. The topological polar surface area (TPSA) is 89.1 Å². The fraction of sp³-hybridized carbons (Fsp3) is 0.182. The number of rotatable bonds is 5. The van der Waals surface area contributed by atoms with Crippen molar-refractivity contribution in [3.63, 3.8) is 0 Å². The minimum absolute atomic E-state index is 0.0309. The van der Waals surface area contributed by atoms with Crippen molar-refractivity contribution in [1.29, 1.82) is 0 Å². The maximum Gasteiger partial charge on any atom is 0.278 e. The Kier molecular flexibility index (Phi) is 4.61. The summed E-state index contributed by atoms with van der Waals surface area (Å²) in [6.45, 7) is 1.59. The summed E-state index contributed by atoms with van der Waals surface area (Å²) in [7, 11) is 1.78. The number of fused-ring (bicyclic) bond motifs is 3. The number of para-hydroxylation sites is 1. The van der Waals surface area contributed by atoms with Crippen molar-refractivity contribution in [3.8, 4) is 17.3 Å². The molecule has 0 unspecified atom stereocenters. The highest BCUT2D eigenvalue weighted by atomic mass is 16.5. The Bertz CT molecular complexity index is 1200. The van der Waals surface area contributed by atoms with Gasteiger partial charge in [-0.25, -0.2) is 4.98 Å². The van der Waals surface area contributed by atoms with Gasteiger partial charge in [0.15, 0.2) is 11.5 Å². The normalized spacial score (nSPS) is 13.1. The first-order valence-electron chi connectivity index (χ1n) is 9.69. The summed E-state index contributed by atoms with van der Waals surface area (Å²) < 4.78 is 7.41. The van der Waals surface area contributed by atoms with E-state index >= 15 is 0 Å². The third-order valence-electron chi connectivity index (χ3n) is 5.12. The van der Waals surface area contributed by atoms with E-state index in [0.29, 0.717) is 42.6 Å². The van der Waals surface area contributed by atoms with E-state index in [9.17, 15) is 4.79 Å². The van der Waals surface area contributed by atoms with Crippen molar-refractivity contribution in [3.05, 3.63) is 83.6 Å². The van der Waals surface area contributed by atoms with Crippen molar-refractivity contribution >= 4 is 5.91 Å². The van der Waals surface area contributed by atoms with Crippen molar-refractivity contribution < 1.29 is 9.32 Å². The molecule has 0 saturated carbocycles. The standard InChI is InChI=1S/C22H20N6O2/c1-27-13-18-20(24-14-28(18)17-10-6-5-9-16(17)22(27)29)21-25-19(26-30-21)12-23-11-15-7-3-2-4-8-15/h2-10,14,23H,11-13H2,1H3. The third kappa shape index (κ3) is 3.27. The van der Waals surface area contributed by atoms with E-state index in [4.69, 9.17) is 4.52 Å². The number of hydrogen-bond acceptors (Lipinski definition) is 6. The molecular formula is C22H20N6O2. The Labute approximate surface area is 173 Å². The summed E-state index contributed by atoms with van der Waals surface area (Å²) in [5.41, 5.74) is 4.05. The van der Waals surface area contributed by atoms with E-state index in [1.807, 2.05) is 47.0 Å². The van der Waals surface area contributed by atoms with Gasteiger partial charge >= 0.3 is 0 Å². The Morgan fingerprint density at radius 1 is 1.07 bits per heavy atom. The van der Waals surface area contributed by atoms with Gasteiger partial charge in [0.25, 0.3) is 11.8 Å². The second-order valence-electron chi connectivity index (χ2n) is 7.19. The fourth-order valence-corrected chi connectivity index (χ4v) is 3.61. The van der Waals surface area contributed by atoms with Crippen LogP contribution in [0.1, 0.15) is 27.4 Å². The molecule has 8 heteroatoms. The fourth-order valence-electron chi connectivity index (χ4n) is 3.61. The number of carbonyl (C=O) groups is 1. The molecule has 1 amide bonds. The Morgan fingerprint density at radius 2 is 1.87 bits per heavy atom. The monoisotopic (exact) mass is 400 g/mol. The molecule has 2 aromatic carbocycles. The maximum absolute atomic E-state index is 12.7. The number of carbonyl (C=O) groups excluding carboxylic acids is 1. The van der Waals surface area contributed by atoms with E-state index in [1.165, 1.54) is 5.56 Å². The van der Waals surface area contributed by atoms with E-state index in [2.05, 4.69) is 32.6 Å². The largest absolute Gasteiger partial charge is 0.336 e. The summed E-state index contributed by atoms with van der Waals surface area (Å²) in [5.74, 6) is 0.873. The number of hydrogen-bond donors (Lipinski definition) is 1. The molecule has 0 saturated heterocycles. The first-order valence-corrected chi connectivity index (χ1v) is 9.69. The Morgan fingerprint density at radius 3 is 2.73 bits per heavy atom. The molecule has 0 bridgehead atoms. The van der Waals surface area contributed by atoms with Gasteiger partial charge in [-0.1, -0.05) is 47.6 Å². The predicted molar refractivity (Wildman–Crippen MR) is 110 cm³/mol. The highest BCUT2D eigenvalue weighted by molar-refractivity contribution is 5.98. The minimum atomic E-state index is -0.0309. The highest BCUT2D eigenvalue weighted by Gasteiger charge is 2.28. The third-order valence-corrected chi connectivity index (χ3v) is 5.12. The second-order valence-corrected chi connectivity index (χ2v) is 7.19. The predicted octanol–water partition coefficient (Wildman–Crippen LogP) is 2.80. The van der Waals surface area contributed by atoms with Crippen LogP contribution in [0.3, 0.4) is 0 Å². The number of aromatic nitrogens is 4. The first kappa shape index (κ1) is 18.3. The molecular weight excluding hydrogens is 380 g/mol. The number of nitrogens with zero attached hydrogens (tertiary/aromatic N) is 5. The van der Waals surface area contributed by atoms with Crippen molar-refractivity contribution in [1.82, 2.24) is 29.9 Å². The van der Waals surface area contributed by atoms with Gasteiger partial charge in [-0.05, 0) is 17.7 Å². The van der Waals surface area contributed by atoms with Crippen LogP contribution in [-0.4, -0.2) is 37.5 Å². The molecule has 0 spiro atoms. The molecule has 30 heavy (non-hydrogen) atoms. The van der Waals surface area contributed by atoms with Gasteiger partial charge in [0.1, 0.15) is 6.33 Å². The van der Waals surface area contributed by atoms with Crippen molar-refractivity contribution in [2.45, 2.75) is 19.6 Å². The van der Waals surface area contributed by atoms with E-state index in [0.717, 1.165) is 11.4 Å². The summed E-state index contributed by atoms with van der Waals surface area (Å²) >= 11 is 0. The lowest BCUT2D eigenvalue weighted by Crippen LogP contribution is -2.25. The van der Waals surface area contributed by atoms with Crippen molar-refractivity contribution in [2.75, 3.05) is 7.05 Å².